The fourth-order valence-corrected chi connectivity index (χ4v) is 1.86. The second kappa shape index (κ2) is 7.95. The highest BCUT2D eigenvalue weighted by molar-refractivity contribution is 9.10. The number of carbonyl (C=O) groups is 2. The largest absolute Gasteiger partial charge is 0.455 e. The number of rotatable bonds is 6. The second-order valence-electron chi connectivity index (χ2n) is 5.48. The summed E-state index contributed by atoms with van der Waals surface area (Å²) in [6, 6.07) is 9.33. The molecule has 0 aliphatic carbocycles. The molecule has 6 heteroatoms. The monoisotopic (exact) mass is 366 g/mol. The number of esters is 1. The second-order valence-corrected chi connectivity index (χ2v) is 6.40. The number of halogens is 1. The summed E-state index contributed by atoms with van der Waals surface area (Å²) in [7, 11) is 0. The molecule has 1 N–H and O–H groups in total. The van der Waals surface area contributed by atoms with Crippen LogP contribution in [0, 0.1) is 17.2 Å². The summed E-state index contributed by atoms with van der Waals surface area (Å²) in [5.41, 5.74) is -0.174. The molecule has 0 spiro atoms. The van der Waals surface area contributed by atoms with E-state index in [4.69, 9.17) is 10.00 Å². The number of nitriles is 1. The van der Waals surface area contributed by atoms with Crippen LogP contribution in [0.15, 0.2) is 28.7 Å². The van der Waals surface area contributed by atoms with Crippen molar-refractivity contribution in [3.8, 4) is 6.07 Å². The standard InChI is InChI=1S/C16H19BrN2O3/c1-11(2)16(3,10-18)19-14(20)9-22-15(21)8-12-4-6-13(17)7-5-12/h4-7,11H,8-9H2,1-3H3,(H,19,20)/t16-/m0/s1. The first-order chi connectivity index (χ1) is 10.3. The highest BCUT2D eigenvalue weighted by atomic mass is 79.9. The molecule has 22 heavy (non-hydrogen) atoms. The minimum atomic E-state index is -0.977. The number of nitrogens with zero attached hydrogens (tertiary/aromatic N) is 1. The maximum atomic E-state index is 11.8. The molecule has 0 fully saturated rings. The van der Waals surface area contributed by atoms with Gasteiger partial charge < -0.3 is 10.1 Å². The molecule has 0 saturated heterocycles. The Kier molecular flexibility index (Phi) is 6.57. The molecule has 1 aromatic carbocycles. The van der Waals surface area contributed by atoms with Gasteiger partial charge in [0.15, 0.2) is 6.61 Å². The van der Waals surface area contributed by atoms with Gasteiger partial charge in [0.25, 0.3) is 5.91 Å². The van der Waals surface area contributed by atoms with Gasteiger partial charge in [0.2, 0.25) is 0 Å². The molecular weight excluding hydrogens is 348 g/mol. The van der Waals surface area contributed by atoms with Crippen molar-refractivity contribution in [2.75, 3.05) is 6.61 Å². The summed E-state index contributed by atoms with van der Waals surface area (Å²) < 4.78 is 5.86. The third-order valence-electron chi connectivity index (χ3n) is 3.41. The average Bonchev–Trinajstić information content (AvgIpc) is 2.47. The molecular formula is C16H19BrN2O3. The minimum Gasteiger partial charge on any atom is -0.455 e. The Hall–Kier alpha value is -1.87. The van der Waals surface area contributed by atoms with Crippen molar-refractivity contribution < 1.29 is 14.3 Å². The van der Waals surface area contributed by atoms with E-state index >= 15 is 0 Å². The predicted molar refractivity (Wildman–Crippen MR) is 85.8 cm³/mol. The average molecular weight is 367 g/mol. The lowest BCUT2D eigenvalue weighted by Crippen LogP contribution is -2.50. The van der Waals surface area contributed by atoms with Crippen molar-refractivity contribution in [1.82, 2.24) is 5.32 Å². The Bertz CT molecular complexity index is 578. The number of ether oxygens (including phenoxy) is 1. The smallest absolute Gasteiger partial charge is 0.310 e. The van der Waals surface area contributed by atoms with Gasteiger partial charge in [-0.05, 0) is 30.5 Å². The van der Waals surface area contributed by atoms with Crippen LogP contribution in [0.3, 0.4) is 0 Å². The van der Waals surface area contributed by atoms with Gasteiger partial charge in [0, 0.05) is 4.47 Å². The Balaban J connectivity index is 2.45. The number of nitrogens with one attached hydrogen (secondary N) is 1. The summed E-state index contributed by atoms with van der Waals surface area (Å²) in [5, 5.41) is 11.7. The molecule has 0 aromatic heterocycles. The number of hydrogen-bond acceptors (Lipinski definition) is 4. The summed E-state index contributed by atoms with van der Waals surface area (Å²) in [5.74, 6) is -1.03. The SMILES string of the molecule is CC(C)[C@](C)(C#N)NC(=O)COC(=O)Cc1ccc(Br)cc1. The van der Waals surface area contributed by atoms with Crippen molar-refractivity contribution in [3.63, 3.8) is 0 Å². The Morgan fingerprint density at radius 3 is 2.45 bits per heavy atom. The molecule has 0 aliphatic heterocycles. The first-order valence-corrected chi connectivity index (χ1v) is 7.68. The normalized spacial score (nSPS) is 13.1. The molecule has 5 nitrogen and oxygen atoms in total. The summed E-state index contributed by atoms with van der Waals surface area (Å²) in [4.78, 5) is 23.5. The van der Waals surface area contributed by atoms with Crippen LogP contribution in [0.4, 0.5) is 0 Å². The quantitative estimate of drug-likeness (QED) is 0.784. The van der Waals surface area contributed by atoms with Crippen molar-refractivity contribution in [2.45, 2.75) is 32.7 Å². The number of carbonyl (C=O) groups excluding carboxylic acids is 2. The van der Waals surface area contributed by atoms with Gasteiger partial charge in [-0.1, -0.05) is 41.9 Å². The first kappa shape index (κ1) is 18.2. The maximum Gasteiger partial charge on any atom is 0.310 e. The lowest BCUT2D eigenvalue weighted by molar-refractivity contribution is -0.148. The highest BCUT2D eigenvalue weighted by Crippen LogP contribution is 2.15. The van der Waals surface area contributed by atoms with Crippen LogP contribution < -0.4 is 5.32 Å². The maximum absolute atomic E-state index is 11.8. The van der Waals surface area contributed by atoms with E-state index in [1.807, 2.05) is 26.0 Å². The summed E-state index contributed by atoms with van der Waals surface area (Å²) >= 11 is 3.31. The molecule has 0 radical (unpaired) electrons. The van der Waals surface area contributed by atoms with Gasteiger partial charge in [-0.25, -0.2) is 0 Å². The molecule has 1 rings (SSSR count). The fourth-order valence-electron chi connectivity index (χ4n) is 1.59. The molecule has 1 atom stereocenters. The van der Waals surface area contributed by atoms with Gasteiger partial charge in [-0.15, -0.1) is 0 Å². The van der Waals surface area contributed by atoms with Gasteiger partial charge in [0.1, 0.15) is 5.54 Å². The first-order valence-electron chi connectivity index (χ1n) is 6.89. The van der Waals surface area contributed by atoms with Crippen molar-refractivity contribution in [1.29, 1.82) is 5.26 Å². The van der Waals surface area contributed by atoms with Crippen LogP contribution in [-0.4, -0.2) is 24.0 Å². The zero-order chi connectivity index (χ0) is 16.8. The minimum absolute atomic E-state index is 0.0556. The molecule has 1 amide bonds. The zero-order valence-electron chi connectivity index (χ0n) is 12.9. The Morgan fingerprint density at radius 1 is 1.36 bits per heavy atom. The lowest BCUT2D eigenvalue weighted by atomic mass is 9.90. The van der Waals surface area contributed by atoms with E-state index in [2.05, 4.69) is 27.3 Å². The molecule has 0 bridgehead atoms. The van der Waals surface area contributed by atoms with E-state index in [-0.39, 0.29) is 18.9 Å². The lowest BCUT2D eigenvalue weighted by Gasteiger charge is -2.27. The van der Waals surface area contributed by atoms with Crippen LogP contribution in [0.25, 0.3) is 0 Å². The van der Waals surface area contributed by atoms with Crippen LogP contribution >= 0.6 is 15.9 Å². The van der Waals surface area contributed by atoms with Crippen LogP contribution in [-0.2, 0) is 20.7 Å². The number of hydrogen-bond donors (Lipinski definition) is 1. The van der Waals surface area contributed by atoms with Gasteiger partial charge in [0.05, 0.1) is 12.5 Å². The van der Waals surface area contributed by atoms with Gasteiger partial charge in [-0.2, -0.15) is 5.26 Å². The molecule has 0 unspecified atom stereocenters. The Morgan fingerprint density at radius 2 is 1.95 bits per heavy atom. The van der Waals surface area contributed by atoms with Crippen molar-refractivity contribution >= 4 is 27.8 Å². The van der Waals surface area contributed by atoms with E-state index in [1.165, 1.54) is 0 Å². The van der Waals surface area contributed by atoms with Crippen LogP contribution in [0.5, 0.6) is 0 Å². The van der Waals surface area contributed by atoms with E-state index in [0.29, 0.717) is 0 Å². The molecule has 118 valence electrons. The highest BCUT2D eigenvalue weighted by Gasteiger charge is 2.30. The van der Waals surface area contributed by atoms with Crippen molar-refractivity contribution in [2.24, 2.45) is 5.92 Å². The van der Waals surface area contributed by atoms with E-state index in [9.17, 15) is 9.59 Å². The van der Waals surface area contributed by atoms with Crippen LogP contribution in [0.2, 0.25) is 0 Å². The van der Waals surface area contributed by atoms with E-state index in [1.54, 1.807) is 19.1 Å². The van der Waals surface area contributed by atoms with E-state index in [0.717, 1.165) is 10.0 Å². The van der Waals surface area contributed by atoms with Crippen LogP contribution in [0.1, 0.15) is 26.3 Å². The third-order valence-corrected chi connectivity index (χ3v) is 3.94. The number of amides is 1. The molecule has 0 heterocycles. The van der Waals surface area contributed by atoms with Gasteiger partial charge in [-0.3, -0.25) is 9.59 Å². The molecule has 0 aliphatic rings. The molecule has 0 saturated carbocycles. The molecule has 1 aromatic rings. The predicted octanol–water partition coefficient (Wildman–Crippen LogP) is 2.59. The zero-order valence-corrected chi connectivity index (χ0v) is 14.4. The topological polar surface area (TPSA) is 79.2 Å². The fraction of sp³-hybridized carbons (Fsp3) is 0.438. The van der Waals surface area contributed by atoms with Crippen molar-refractivity contribution in [3.05, 3.63) is 34.3 Å². The Labute approximate surface area is 138 Å². The number of benzene rings is 1. The third kappa shape index (κ3) is 5.49. The van der Waals surface area contributed by atoms with Gasteiger partial charge >= 0.3 is 5.97 Å². The summed E-state index contributed by atoms with van der Waals surface area (Å²) in [6.07, 6.45) is 0.0975. The summed E-state index contributed by atoms with van der Waals surface area (Å²) in [6.45, 7) is 4.92. The van der Waals surface area contributed by atoms with E-state index < -0.39 is 17.4 Å².